The molecular formula is C15H25N3O2S. The largest absolute Gasteiger partial charge is 0.329 e. The highest BCUT2D eigenvalue weighted by Gasteiger charge is 2.40. The number of rotatable bonds is 6. The van der Waals surface area contributed by atoms with Crippen LogP contribution in [0.15, 0.2) is 24.5 Å². The van der Waals surface area contributed by atoms with Gasteiger partial charge in [0.1, 0.15) is 0 Å². The van der Waals surface area contributed by atoms with Crippen molar-refractivity contribution in [2.24, 2.45) is 5.73 Å². The molecule has 0 aliphatic heterocycles. The fraction of sp³-hybridized carbons (Fsp3) is 0.667. The number of aryl methyl sites for hydroxylation is 1. The fourth-order valence-electron chi connectivity index (χ4n) is 3.09. The molecule has 0 saturated heterocycles. The first kappa shape index (κ1) is 16.4. The first-order valence-electron chi connectivity index (χ1n) is 7.56. The molecule has 0 radical (unpaired) electrons. The maximum absolute atomic E-state index is 12.6. The lowest BCUT2D eigenvalue weighted by molar-refractivity contribution is 0.159. The van der Waals surface area contributed by atoms with Crippen LogP contribution in [0.25, 0.3) is 0 Å². The number of hydrogen-bond donors (Lipinski definition) is 1. The van der Waals surface area contributed by atoms with Crippen LogP contribution >= 0.6 is 0 Å². The minimum Gasteiger partial charge on any atom is -0.329 e. The van der Waals surface area contributed by atoms with E-state index >= 15 is 0 Å². The summed E-state index contributed by atoms with van der Waals surface area (Å²) in [6.45, 7) is 0.401. The second-order valence-corrected chi connectivity index (χ2v) is 8.00. The summed E-state index contributed by atoms with van der Waals surface area (Å²) in [6.07, 6.45) is 8.91. The lowest BCUT2D eigenvalue weighted by Crippen LogP contribution is -2.56. The Morgan fingerprint density at radius 3 is 2.43 bits per heavy atom. The zero-order chi connectivity index (χ0) is 15.3. The van der Waals surface area contributed by atoms with Crippen LogP contribution in [0.4, 0.5) is 0 Å². The molecule has 118 valence electrons. The van der Waals surface area contributed by atoms with E-state index in [-0.39, 0.29) is 11.3 Å². The van der Waals surface area contributed by atoms with E-state index in [1.165, 1.54) is 6.42 Å². The van der Waals surface area contributed by atoms with Crippen LogP contribution in [0, 0.1) is 0 Å². The third-order valence-corrected chi connectivity index (χ3v) is 6.59. The van der Waals surface area contributed by atoms with E-state index in [0.29, 0.717) is 13.0 Å². The van der Waals surface area contributed by atoms with E-state index in [2.05, 4.69) is 4.98 Å². The molecule has 0 unspecified atom stereocenters. The van der Waals surface area contributed by atoms with Crippen LogP contribution in [-0.2, 0) is 16.4 Å². The molecule has 5 nitrogen and oxygen atoms in total. The Hall–Kier alpha value is -0.980. The molecule has 21 heavy (non-hydrogen) atoms. The monoisotopic (exact) mass is 311 g/mol. The summed E-state index contributed by atoms with van der Waals surface area (Å²) >= 11 is 0. The van der Waals surface area contributed by atoms with Gasteiger partial charge in [0.2, 0.25) is 10.0 Å². The van der Waals surface area contributed by atoms with Crippen molar-refractivity contribution in [1.82, 2.24) is 9.29 Å². The van der Waals surface area contributed by atoms with Gasteiger partial charge in [0, 0.05) is 31.5 Å². The molecule has 0 atom stereocenters. The SMILES string of the molecule is CN(C1(CN)CCCCC1)S(=O)(=O)CCc1ccncc1. The van der Waals surface area contributed by atoms with Gasteiger partial charge in [0.25, 0.3) is 0 Å². The second kappa shape index (κ2) is 6.85. The summed E-state index contributed by atoms with van der Waals surface area (Å²) in [5, 5.41) is 0. The Morgan fingerprint density at radius 1 is 1.24 bits per heavy atom. The van der Waals surface area contributed by atoms with Gasteiger partial charge in [0.15, 0.2) is 0 Å². The predicted octanol–water partition coefficient (Wildman–Crippen LogP) is 1.55. The van der Waals surface area contributed by atoms with Gasteiger partial charge in [-0.1, -0.05) is 19.3 Å². The van der Waals surface area contributed by atoms with Crippen molar-refractivity contribution < 1.29 is 8.42 Å². The van der Waals surface area contributed by atoms with Crippen molar-refractivity contribution >= 4 is 10.0 Å². The smallest absolute Gasteiger partial charge is 0.214 e. The minimum atomic E-state index is -3.30. The van der Waals surface area contributed by atoms with Crippen molar-refractivity contribution in [2.75, 3.05) is 19.3 Å². The number of nitrogens with two attached hydrogens (primary N) is 1. The second-order valence-electron chi connectivity index (χ2n) is 5.88. The zero-order valence-electron chi connectivity index (χ0n) is 12.7. The molecule has 6 heteroatoms. The number of nitrogens with zero attached hydrogens (tertiary/aromatic N) is 2. The molecule has 0 spiro atoms. The van der Waals surface area contributed by atoms with E-state index in [1.54, 1.807) is 23.7 Å². The summed E-state index contributed by atoms with van der Waals surface area (Å²) in [4.78, 5) is 3.95. The first-order chi connectivity index (χ1) is 10.0. The maximum Gasteiger partial charge on any atom is 0.214 e. The van der Waals surface area contributed by atoms with Crippen LogP contribution < -0.4 is 5.73 Å². The highest BCUT2D eigenvalue weighted by Crippen LogP contribution is 2.33. The van der Waals surface area contributed by atoms with Crippen LogP contribution in [0.1, 0.15) is 37.7 Å². The Labute approximate surface area is 127 Å². The molecule has 2 rings (SSSR count). The van der Waals surface area contributed by atoms with Gasteiger partial charge in [0.05, 0.1) is 5.75 Å². The average molecular weight is 311 g/mol. The van der Waals surface area contributed by atoms with Crippen LogP contribution in [0.5, 0.6) is 0 Å². The van der Waals surface area contributed by atoms with E-state index in [9.17, 15) is 8.42 Å². The van der Waals surface area contributed by atoms with E-state index in [4.69, 9.17) is 5.73 Å². The van der Waals surface area contributed by atoms with Crippen LogP contribution in [-0.4, -0.2) is 42.6 Å². The summed E-state index contributed by atoms with van der Waals surface area (Å²) < 4.78 is 26.8. The molecule has 0 amide bonds. The standard InChI is InChI=1S/C15H25N3O2S/c1-18(15(13-16)8-3-2-4-9-15)21(19,20)12-7-14-5-10-17-11-6-14/h5-6,10-11H,2-4,7-9,12-13,16H2,1H3. The molecule has 2 N–H and O–H groups in total. The molecule has 1 saturated carbocycles. The van der Waals surface area contributed by atoms with Gasteiger partial charge in [-0.05, 0) is 37.0 Å². The molecule has 1 aromatic heterocycles. The quantitative estimate of drug-likeness (QED) is 0.865. The van der Waals surface area contributed by atoms with Crippen molar-refractivity contribution in [2.45, 2.75) is 44.1 Å². The lowest BCUT2D eigenvalue weighted by Gasteiger charge is -2.43. The number of aromatic nitrogens is 1. The van der Waals surface area contributed by atoms with Crippen LogP contribution in [0.3, 0.4) is 0 Å². The summed E-state index contributed by atoms with van der Waals surface area (Å²) in [6, 6.07) is 3.71. The topological polar surface area (TPSA) is 76.3 Å². The lowest BCUT2D eigenvalue weighted by atomic mass is 9.82. The van der Waals surface area contributed by atoms with E-state index in [1.807, 2.05) is 12.1 Å². The number of likely N-dealkylation sites (N-methyl/N-ethyl adjacent to an activating group) is 1. The Morgan fingerprint density at radius 2 is 1.86 bits per heavy atom. The fourth-order valence-corrected chi connectivity index (χ4v) is 4.70. The third kappa shape index (κ3) is 3.81. The molecule has 1 aliphatic carbocycles. The van der Waals surface area contributed by atoms with Crippen molar-refractivity contribution in [3.8, 4) is 0 Å². The van der Waals surface area contributed by atoms with Gasteiger partial charge >= 0.3 is 0 Å². The molecule has 0 aromatic carbocycles. The molecule has 1 aliphatic rings. The summed E-state index contributed by atoms with van der Waals surface area (Å²) in [5.41, 5.74) is 6.54. The van der Waals surface area contributed by atoms with Crippen molar-refractivity contribution in [3.63, 3.8) is 0 Å². The highest BCUT2D eigenvalue weighted by molar-refractivity contribution is 7.89. The number of pyridine rings is 1. The molecule has 1 aromatic rings. The average Bonchev–Trinajstić information content (AvgIpc) is 2.54. The highest BCUT2D eigenvalue weighted by atomic mass is 32.2. The normalized spacial score (nSPS) is 18.8. The van der Waals surface area contributed by atoms with E-state index in [0.717, 1.165) is 31.2 Å². The van der Waals surface area contributed by atoms with Gasteiger partial charge in [-0.15, -0.1) is 0 Å². The maximum atomic E-state index is 12.6. The number of hydrogen-bond acceptors (Lipinski definition) is 4. The Bertz CT molecular complexity index is 539. The predicted molar refractivity (Wildman–Crippen MR) is 84.4 cm³/mol. The molecule has 1 heterocycles. The van der Waals surface area contributed by atoms with Crippen molar-refractivity contribution in [3.05, 3.63) is 30.1 Å². The summed E-state index contributed by atoms with van der Waals surface area (Å²) in [5.74, 6) is 0.120. The van der Waals surface area contributed by atoms with Crippen molar-refractivity contribution in [1.29, 1.82) is 0 Å². The van der Waals surface area contributed by atoms with Gasteiger partial charge in [-0.2, -0.15) is 4.31 Å². The number of sulfonamides is 1. The Balaban J connectivity index is 2.07. The zero-order valence-corrected chi connectivity index (χ0v) is 13.5. The third-order valence-electron chi connectivity index (χ3n) is 4.65. The first-order valence-corrected chi connectivity index (χ1v) is 9.17. The van der Waals surface area contributed by atoms with Gasteiger partial charge in [-0.3, -0.25) is 4.98 Å². The van der Waals surface area contributed by atoms with E-state index < -0.39 is 10.0 Å². The molecular weight excluding hydrogens is 286 g/mol. The van der Waals surface area contributed by atoms with Crippen LogP contribution in [0.2, 0.25) is 0 Å². The van der Waals surface area contributed by atoms with Gasteiger partial charge < -0.3 is 5.73 Å². The minimum absolute atomic E-state index is 0.120. The summed E-state index contributed by atoms with van der Waals surface area (Å²) in [7, 11) is -1.60. The molecule has 0 bridgehead atoms. The molecule has 1 fully saturated rings. The van der Waals surface area contributed by atoms with Gasteiger partial charge in [-0.25, -0.2) is 8.42 Å². The Kier molecular flexibility index (Phi) is 5.35.